The smallest absolute Gasteiger partial charge is 0.363 e. The fourth-order valence-corrected chi connectivity index (χ4v) is 5.30. The number of carbonyl (C=O) groups excluding carboxylic acids is 1. The van der Waals surface area contributed by atoms with Gasteiger partial charge in [-0.3, -0.25) is 10.1 Å². The molecule has 0 bridgehead atoms. The molecule has 0 saturated heterocycles. The van der Waals surface area contributed by atoms with Crippen LogP contribution in [-0.4, -0.2) is 16.8 Å². The first-order valence-electron chi connectivity index (χ1n) is 9.75. The highest BCUT2D eigenvalue weighted by molar-refractivity contribution is 14.1. The van der Waals surface area contributed by atoms with Crippen LogP contribution in [0.1, 0.15) is 22.3 Å². The lowest BCUT2D eigenvalue weighted by Gasteiger charge is -2.12. The molecule has 9 heteroatoms. The third-order valence-electron chi connectivity index (χ3n) is 4.74. The lowest BCUT2D eigenvalue weighted by Crippen LogP contribution is -2.05. The number of aliphatic imine (C=N–C) groups is 1. The number of cyclic esters (lactones) is 1. The molecule has 0 saturated carbocycles. The number of nitro groups is 1. The van der Waals surface area contributed by atoms with Crippen molar-refractivity contribution in [2.75, 3.05) is 0 Å². The maximum absolute atomic E-state index is 12.3. The fourth-order valence-electron chi connectivity index (χ4n) is 3.17. The molecule has 0 fully saturated rings. The number of carbonyl (C=O) groups is 1. The monoisotopic (exact) mass is 666 g/mol. The van der Waals surface area contributed by atoms with E-state index in [4.69, 9.17) is 9.47 Å². The predicted molar refractivity (Wildman–Crippen MR) is 141 cm³/mol. The van der Waals surface area contributed by atoms with Crippen molar-refractivity contribution in [3.8, 4) is 5.75 Å². The number of esters is 1. The van der Waals surface area contributed by atoms with Gasteiger partial charge in [-0.1, -0.05) is 29.8 Å². The van der Waals surface area contributed by atoms with Gasteiger partial charge in [0.15, 0.2) is 5.70 Å². The summed E-state index contributed by atoms with van der Waals surface area (Å²) in [4.78, 5) is 26.9. The van der Waals surface area contributed by atoms with Crippen LogP contribution in [0, 0.1) is 24.2 Å². The van der Waals surface area contributed by atoms with Crippen LogP contribution in [0.4, 0.5) is 5.69 Å². The van der Waals surface area contributed by atoms with E-state index in [-0.39, 0.29) is 17.3 Å². The summed E-state index contributed by atoms with van der Waals surface area (Å²) < 4.78 is 13.1. The standard InChI is InChI=1S/C24H16I2N2O5/c1-14-3-2-4-15(9-14)13-32-22-19(25)10-16(11-20(22)26)12-21-24(29)33-23(27-21)17-5-7-18(8-6-17)28(30)31/h2-12H,13H2,1H3/b21-12-. The Bertz CT molecular complexity index is 1290. The minimum Gasteiger partial charge on any atom is -0.487 e. The quantitative estimate of drug-likeness (QED) is 0.105. The Hall–Kier alpha value is -2.80. The molecule has 166 valence electrons. The third kappa shape index (κ3) is 5.58. The van der Waals surface area contributed by atoms with E-state index in [0.717, 1.165) is 24.0 Å². The maximum Gasteiger partial charge on any atom is 0.363 e. The second-order valence-electron chi connectivity index (χ2n) is 7.23. The summed E-state index contributed by atoms with van der Waals surface area (Å²) in [7, 11) is 0. The molecule has 0 amide bonds. The van der Waals surface area contributed by atoms with E-state index >= 15 is 0 Å². The van der Waals surface area contributed by atoms with Crippen LogP contribution < -0.4 is 4.74 Å². The van der Waals surface area contributed by atoms with E-state index in [0.29, 0.717) is 12.2 Å². The van der Waals surface area contributed by atoms with Gasteiger partial charge >= 0.3 is 5.97 Å². The van der Waals surface area contributed by atoms with Crippen molar-refractivity contribution >= 4 is 68.8 Å². The van der Waals surface area contributed by atoms with Gasteiger partial charge in [0.2, 0.25) is 5.90 Å². The molecular formula is C24H16I2N2O5. The first-order valence-corrected chi connectivity index (χ1v) is 11.9. The number of nitro benzene ring substituents is 1. The van der Waals surface area contributed by atoms with Gasteiger partial charge in [0, 0.05) is 17.7 Å². The van der Waals surface area contributed by atoms with E-state index in [1.165, 1.54) is 29.8 Å². The summed E-state index contributed by atoms with van der Waals surface area (Å²) in [5.74, 6) is 0.320. The van der Waals surface area contributed by atoms with Crippen molar-refractivity contribution in [2.45, 2.75) is 13.5 Å². The average Bonchev–Trinajstić information content (AvgIpc) is 3.13. The first kappa shape index (κ1) is 23.4. The zero-order chi connectivity index (χ0) is 23.5. The Labute approximate surface area is 217 Å². The largest absolute Gasteiger partial charge is 0.487 e. The molecule has 0 spiro atoms. The molecule has 0 radical (unpaired) electrons. The number of halogens is 2. The van der Waals surface area contributed by atoms with Gasteiger partial charge in [-0.05, 0) is 93.6 Å². The molecule has 0 atom stereocenters. The summed E-state index contributed by atoms with van der Waals surface area (Å²) in [6.07, 6.45) is 1.65. The van der Waals surface area contributed by atoms with Crippen LogP contribution in [0.3, 0.4) is 0 Å². The predicted octanol–water partition coefficient (Wildman–Crippen LogP) is 6.04. The Morgan fingerprint density at radius 2 is 1.79 bits per heavy atom. The molecule has 4 rings (SSSR count). The van der Waals surface area contributed by atoms with Gasteiger partial charge in [0.1, 0.15) is 12.4 Å². The summed E-state index contributed by atoms with van der Waals surface area (Å²) in [6.45, 7) is 2.51. The Kier molecular flexibility index (Phi) is 7.08. The molecule has 33 heavy (non-hydrogen) atoms. The number of rotatable bonds is 6. The maximum atomic E-state index is 12.3. The Balaban J connectivity index is 1.54. The molecule has 7 nitrogen and oxygen atoms in total. The van der Waals surface area contributed by atoms with Crippen LogP contribution in [0.5, 0.6) is 5.75 Å². The molecule has 1 heterocycles. The van der Waals surface area contributed by atoms with Crippen molar-refractivity contribution in [3.05, 3.63) is 106 Å². The Morgan fingerprint density at radius 3 is 2.42 bits per heavy atom. The lowest BCUT2D eigenvalue weighted by atomic mass is 10.1. The van der Waals surface area contributed by atoms with Crippen LogP contribution in [0.25, 0.3) is 6.08 Å². The highest BCUT2D eigenvalue weighted by Gasteiger charge is 2.25. The molecule has 0 N–H and O–H groups in total. The van der Waals surface area contributed by atoms with E-state index < -0.39 is 10.9 Å². The van der Waals surface area contributed by atoms with Crippen LogP contribution in [0.2, 0.25) is 0 Å². The van der Waals surface area contributed by atoms with E-state index in [9.17, 15) is 14.9 Å². The van der Waals surface area contributed by atoms with Crippen molar-refractivity contribution in [2.24, 2.45) is 4.99 Å². The van der Waals surface area contributed by atoms with E-state index in [1.807, 2.05) is 37.3 Å². The molecular weight excluding hydrogens is 650 g/mol. The van der Waals surface area contributed by atoms with Crippen molar-refractivity contribution in [3.63, 3.8) is 0 Å². The number of aryl methyl sites for hydroxylation is 1. The van der Waals surface area contributed by atoms with Gasteiger partial charge in [0.25, 0.3) is 5.69 Å². The van der Waals surface area contributed by atoms with E-state index in [2.05, 4.69) is 56.2 Å². The molecule has 1 aliphatic heterocycles. The zero-order valence-corrected chi connectivity index (χ0v) is 21.6. The normalized spacial score (nSPS) is 14.2. The number of hydrogen-bond donors (Lipinski definition) is 0. The number of nitrogens with zero attached hydrogens (tertiary/aromatic N) is 2. The second-order valence-corrected chi connectivity index (χ2v) is 9.56. The minimum absolute atomic E-state index is 0.0479. The van der Waals surface area contributed by atoms with Gasteiger partial charge in [-0.15, -0.1) is 0 Å². The van der Waals surface area contributed by atoms with Gasteiger partial charge in [0.05, 0.1) is 12.1 Å². The van der Waals surface area contributed by atoms with Crippen molar-refractivity contribution in [1.29, 1.82) is 0 Å². The van der Waals surface area contributed by atoms with Crippen molar-refractivity contribution in [1.82, 2.24) is 0 Å². The highest BCUT2D eigenvalue weighted by Crippen LogP contribution is 2.31. The van der Waals surface area contributed by atoms with Crippen LogP contribution in [-0.2, 0) is 16.1 Å². The van der Waals surface area contributed by atoms with Crippen molar-refractivity contribution < 1.29 is 19.2 Å². The molecule has 0 unspecified atom stereocenters. The number of ether oxygens (including phenoxy) is 2. The molecule has 1 aliphatic rings. The number of non-ortho nitro benzene ring substituents is 1. The van der Waals surface area contributed by atoms with Gasteiger partial charge in [-0.25, -0.2) is 9.79 Å². The van der Waals surface area contributed by atoms with Crippen LogP contribution >= 0.6 is 45.2 Å². The summed E-state index contributed by atoms with van der Waals surface area (Å²) in [5.41, 5.74) is 3.65. The third-order valence-corrected chi connectivity index (χ3v) is 6.34. The molecule has 0 aliphatic carbocycles. The summed E-state index contributed by atoms with van der Waals surface area (Å²) in [5, 5.41) is 10.8. The number of benzene rings is 3. The fraction of sp³-hybridized carbons (Fsp3) is 0.0833. The van der Waals surface area contributed by atoms with Crippen LogP contribution in [0.15, 0.2) is 71.4 Å². The van der Waals surface area contributed by atoms with E-state index in [1.54, 1.807) is 6.08 Å². The first-order chi connectivity index (χ1) is 15.8. The minimum atomic E-state index is -0.576. The zero-order valence-electron chi connectivity index (χ0n) is 17.2. The summed E-state index contributed by atoms with van der Waals surface area (Å²) in [6, 6.07) is 17.7. The highest BCUT2D eigenvalue weighted by atomic mass is 127. The topological polar surface area (TPSA) is 91.0 Å². The molecule has 3 aromatic carbocycles. The Morgan fingerprint density at radius 1 is 1.09 bits per heavy atom. The second kappa shape index (κ2) is 10.00. The molecule has 3 aromatic rings. The lowest BCUT2D eigenvalue weighted by molar-refractivity contribution is -0.384. The molecule has 0 aromatic heterocycles. The van der Waals surface area contributed by atoms with Gasteiger partial charge < -0.3 is 9.47 Å². The average molecular weight is 666 g/mol. The van der Waals surface area contributed by atoms with Gasteiger partial charge in [-0.2, -0.15) is 0 Å². The summed E-state index contributed by atoms with van der Waals surface area (Å²) >= 11 is 4.42. The SMILES string of the molecule is Cc1cccc(COc2c(I)cc(/C=C3\N=C(c4ccc([N+](=O)[O-])cc4)OC3=O)cc2I)c1. The number of hydrogen-bond acceptors (Lipinski definition) is 6.